The lowest BCUT2D eigenvalue weighted by Gasteiger charge is -2.35. The zero-order valence-corrected chi connectivity index (χ0v) is 14.5. The molecule has 0 aromatic heterocycles. The van der Waals surface area contributed by atoms with Crippen molar-refractivity contribution in [3.8, 4) is 0 Å². The number of hydroxylamine groups is 1. The Bertz CT molecular complexity index is 734. The summed E-state index contributed by atoms with van der Waals surface area (Å²) in [5, 5.41) is 5.06. The van der Waals surface area contributed by atoms with Gasteiger partial charge in [0.1, 0.15) is 18.9 Å². The molecule has 0 bridgehead atoms. The molecule has 0 unspecified atom stereocenters. The van der Waals surface area contributed by atoms with Crippen molar-refractivity contribution in [2.75, 3.05) is 5.06 Å². The van der Waals surface area contributed by atoms with Crippen molar-refractivity contribution < 1.29 is 14.4 Å². The Labute approximate surface area is 151 Å². The second-order valence-corrected chi connectivity index (χ2v) is 6.08. The fourth-order valence-corrected chi connectivity index (χ4v) is 2.55. The van der Waals surface area contributed by atoms with Gasteiger partial charge in [0, 0.05) is 5.02 Å². The SMILES string of the molecule is C[C@H]1C=C[C@@H](NC(=O)OCc2ccccc2)N(c2ccc(Cl)cc2)O1. The van der Waals surface area contributed by atoms with Crippen molar-refractivity contribution in [3.05, 3.63) is 77.3 Å². The quantitative estimate of drug-likeness (QED) is 0.828. The van der Waals surface area contributed by atoms with E-state index in [0.717, 1.165) is 11.3 Å². The smallest absolute Gasteiger partial charge is 0.409 e. The Morgan fingerprint density at radius 3 is 2.60 bits per heavy atom. The number of carbonyl (C=O) groups excluding carboxylic acids is 1. The summed E-state index contributed by atoms with van der Waals surface area (Å²) in [6.45, 7) is 2.13. The summed E-state index contributed by atoms with van der Waals surface area (Å²) in [6.07, 6.45) is 2.66. The molecule has 3 rings (SSSR count). The fraction of sp³-hybridized carbons (Fsp3) is 0.211. The highest BCUT2D eigenvalue weighted by molar-refractivity contribution is 6.30. The number of benzene rings is 2. The second-order valence-electron chi connectivity index (χ2n) is 5.65. The third kappa shape index (κ3) is 4.75. The molecular weight excluding hydrogens is 340 g/mol. The Morgan fingerprint density at radius 2 is 1.88 bits per heavy atom. The van der Waals surface area contributed by atoms with E-state index in [0.29, 0.717) is 5.02 Å². The van der Waals surface area contributed by atoms with Gasteiger partial charge in [-0.05, 0) is 42.8 Å². The number of nitrogens with zero attached hydrogens (tertiary/aromatic N) is 1. The lowest BCUT2D eigenvalue weighted by atomic mass is 10.2. The van der Waals surface area contributed by atoms with Gasteiger partial charge in [0.25, 0.3) is 0 Å². The Hall–Kier alpha value is -2.50. The molecule has 5 nitrogen and oxygen atoms in total. The third-order valence-electron chi connectivity index (χ3n) is 3.66. The van der Waals surface area contributed by atoms with Crippen LogP contribution in [0, 0.1) is 0 Å². The molecule has 25 heavy (non-hydrogen) atoms. The lowest BCUT2D eigenvalue weighted by Crippen LogP contribution is -2.50. The summed E-state index contributed by atoms with van der Waals surface area (Å²) in [4.78, 5) is 17.9. The topological polar surface area (TPSA) is 50.8 Å². The van der Waals surface area contributed by atoms with Gasteiger partial charge in [0.05, 0.1) is 5.69 Å². The first-order valence-electron chi connectivity index (χ1n) is 7.99. The standard InChI is InChI=1S/C19H19ClN2O3/c1-14-7-12-18(22(25-14)17-10-8-16(20)9-11-17)21-19(23)24-13-15-5-3-2-4-6-15/h2-12,14,18H,13H2,1H3,(H,21,23)/t14-,18-/m0/s1. The van der Waals surface area contributed by atoms with Crippen LogP contribution in [0.15, 0.2) is 66.7 Å². The van der Waals surface area contributed by atoms with E-state index in [-0.39, 0.29) is 12.7 Å². The minimum atomic E-state index is -0.518. The number of halogens is 1. The molecule has 1 amide bonds. The molecule has 1 aliphatic heterocycles. The first kappa shape index (κ1) is 17.3. The van der Waals surface area contributed by atoms with Crippen molar-refractivity contribution in [1.82, 2.24) is 5.32 Å². The van der Waals surface area contributed by atoms with Crippen molar-refractivity contribution in [2.45, 2.75) is 25.8 Å². The Morgan fingerprint density at radius 1 is 1.16 bits per heavy atom. The van der Waals surface area contributed by atoms with Gasteiger partial charge in [-0.25, -0.2) is 9.86 Å². The second kappa shape index (κ2) is 8.05. The van der Waals surface area contributed by atoms with Crippen molar-refractivity contribution in [2.24, 2.45) is 0 Å². The maximum Gasteiger partial charge on any atom is 0.409 e. The maximum absolute atomic E-state index is 12.1. The normalized spacial score (nSPS) is 19.5. The van der Waals surface area contributed by atoms with Gasteiger partial charge in [-0.15, -0.1) is 0 Å². The van der Waals surface area contributed by atoms with Crippen LogP contribution >= 0.6 is 11.6 Å². The van der Waals surface area contributed by atoms with Crippen LogP contribution in [0.1, 0.15) is 12.5 Å². The van der Waals surface area contributed by atoms with E-state index in [1.54, 1.807) is 17.2 Å². The molecule has 0 aliphatic carbocycles. The first-order chi connectivity index (χ1) is 12.1. The molecule has 1 heterocycles. The molecule has 1 N–H and O–H groups in total. The monoisotopic (exact) mass is 358 g/mol. The number of amides is 1. The molecule has 2 atom stereocenters. The molecule has 0 fully saturated rings. The summed E-state index contributed by atoms with van der Waals surface area (Å²) in [5.41, 5.74) is 1.71. The summed E-state index contributed by atoms with van der Waals surface area (Å²) in [7, 11) is 0. The average Bonchev–Trinajstić information content (AvgIpc) is 2.63. The van der Waals surface area contributed by atoms with Gasteiger partial charge in [0.2, 0.25) is 0 Å². The van der Waals surface area contributed by atoms with Crippen LogP contribution in [0.3, 0.4) is 0 Å². The van der Waals surface area contributed by atoms with E-state index in [1.165, 1.54) is 0 Å². The summed E-state index contributed by atoms with van der Waals surface area (Å²) < 4.78 is 5.27. The summed E-state index contributed by atoms with van der Waals surface area (Å²) in [6, 6.07) is 16.7. The minimum absolute atomic E-state index is 0.103. The summed E-state index contributed by atoms with van der Waals surface area (Å²) >= 11 is 5.94. The van der Waals surface area contributed by atoms with Crippen LogP contribution in [-0.2, 0) is 16.2 Å². The number of hydrogen-bond donors (Lipinski definition) is 1. The number of nitrogens with one attached hydrogen (secondary N) is 1. The number of ether oxygens (including phenoxy) is 1. The molecule has 1 aliphatic rings. The highest BCUT2D eigenvalue weighted by atomic mass is 35.5. The van der Waals surface area contributed by atoms with Crippen LogP contribution in [0.2, 0.25) is 5.02 Å². The third-order valence-corrected chi connectivity index (χ3v) is 3.91. The van der Waals surface area contributed by atoms with Crippen LogP contribution in [0.25, 0.3) is 0 Å². The molecular formula is C19H19ClN2O3. The number of alkyl carbamates (subject to hydrolysis) is 1. The molecule has 130 valence electrons. The average molecular weight is 359 g/mol. The largest absolute Gasteiger partial charge is 0.445 e. The highest BCUT2D eigenvalue weighted by Gasteiger charge is 2.25. The first-order valence-corrected chi connectivity index (χ1v) is 8.37. The molecule has 2 aromatic rings. The molecule has 0 saturated heterocycles. The van der Waals surface area contributed by atoms with Crippen LogP contribution in [0.4, 0.5) is 10.5 Å². The number of anilines is 1. The van der Waals surface area contributed by atoms with Gasteiger partial charge in [-0.3, -0.25) is 10.2 Å². The van der Waals surface area contributed by atoms with E-state index in [9.17, 15) is 4.79 Å². The van der Waals surface area contributed by atoms with Crippen molar-refractivity contribution in [3.63, 3.8) is 0 Å². The Kier molecular flexibility index (Phi) is 5.58. The fourth-order valence-electron chi connectivity index (χ4n) is 2.42. The van der Waals surface area contributed by atoms with Gasteiger partial charge >= 0.3 is 6.09 Å². The van der Waals surface area contributed by atoms with Gasteiger partial charge < -0.3 is 4.74 Å². The lowest BCUT2D eigenvalue weighted by molar-refractivity contribution is 0.0430. The summed E-state index contributed by atoms with van der Waals surface area (Å²) in [5.74, 6) is 0. The zero-order chi connectivity index (χ0) is 17.6. The van der Waals surface area contributed by atoms with Crippen LogP contribution in [0.5, 0.6) is 0 Å². The molecule has 2 aromatic carbocycles. The molecule has 0 spiro atoms. The van der Waals surface area contributed by atoms with Gasteiger partial charge in [-0.1, -0.05) is 48.0 Å². The maximum atomic E-state index is 12.1. The van der Waals surface area contributed by atoms with Gasteiger partial charge in [-0.2, -0.15) is 0 Å². The molecule has 6 heteroatoms. The van der Waals surface area contributed by atoms with Crippen molar-refractivity contribution >= 4 is 23.4 Å². The molecule has 0 radical (unpaired) electrons. The zero-order valence-electron chi connectivity index (χ0n) is 13.8. The van der Waals surface area contributed by atoms with Crippen molar-refractivity contribution in [1.29, 1.82) is 0 Å². The van der Waals surface area contributed by atoms with E-state index < -0.39 is 12.3 Å². The van der Waals surface area contributed by atoms with Gasteiger partial charge in [0.15, 0.2) is 0 Å². The predicted octanol–water partition coefficient (Wildman–Crippen LogP) is 4.29. The number of hydrogen-bond acceptors (Lipinski definition) is 4. The molecule has 0 saturated carbocycles. The predicted molar refractivity (Wildman–Crippen MR) is 97.2 cm³/mol. The van der Waals surface area contributed by atoms with Crippen LogP contribution < -0.4 is 10.4 Å². The van der Waals surface area contributed by atoms with E-state index in [1.807, 2.05) is 61.5 Å². The van der Waals surface area contributed by atoms with E-state index in [2.05, 4.69) is 5.32 Å². The van der Waals surface area contributed by atoms with E-state index in [4.69, 9.17) is 21.2 Å². The van der Waals surface area contributed by atoms with E-state index >= 15 is 0 Å². The number of rotatable bonds is 4. The van der Waals surface area contributed by atoms with Crippen LogP contribution in [-0.4, -0.2) is 18.4 Å². The highest BCUT2D eigenvalue weighted by Crippen LogP contribution is 2.24. The Balaban J connectivity index is 1.64. The minimum Gasteiger partial charge on any atom is -0.445 e. The number of carbonyl (C=O) groups is 1.